The molecule has 5 nitrogen and oxygen atoms in total. The van der Waals surface area contributed by atoms with E-state index >= 15 is 0 Å². The van der Waals surface area contributed by atoms with Gasteiger partial charge in [-0.05, 0) is 38.9 Å². The number of likely N-dealkylation sites (tertiary alicyclic amines) is 1. The molecule has 1 aliphatic rings. The summed E-state index contributed by atoms with van der Waals surface area (Å²) in [6.07, 6.45) is 3.76. The van der Waals surface area contributed by atoms with E-state index < -0.39 is 0 Å². The minimum atomic E-state index is 0. The van der Waals surface area contributed by atoms with E-state index in [2.05, 4.69) is 15.6 Å². The summed E-state index contributed by atoms with van der Waals surface area (Å²) in [4.78, 5) is 2.46. The molecule has 1 heterocycles. The van der Waals surface area contributed by atoms with Crippen LogP contribution in [0.3, 0.4) is 0 Å². The van der Waals surface area contributed by atoms with E-state index in [-0.39, 0.29) is 29.9 Å². The van der Waals surface area contributed by atoms with Gasteiger partial charge in [-0.15, -0.1) is 24.0 Å². The van der Waals surface area contributed by atoms with Crippen molar-refractivity contribution in [3.05, 3.63) is 0 Å². The first kappa shape index (κ1) is 13.9. The van der Waals surface area contributed by atoms with Crippen molar-refractivity contribution in [3.8, 4) is 0 Å². The Balaban J connectivity index is 0.00000169. The minimum Gasteiger partial charge on any atom is -0.355 e. The second-order valence-electron chi connectivity index (χ2n) is 3.35. The van der Waals surface area contributed by atoms with Crippen molar-refractivity contribution in [1.82, 2.24) is 15.6 Å². The molecule has 6 heteroatoms. The van der Waals surface area contributed by atoms with Crippen molar-refractivity contribution in [1.29, 1.82) is 5.41 Å². The first-order valence-electron chi connectivity index (χ1n) is 4.84. The highest BCUT2D eigenvalue weighted by atomic mass is 127. The highest BCUT2D eigenvalue weighted by Gasteiger charge is 2.09. The van der Waals surface area contributed by atoms with Gasteiger partial charge < -0.3 is 10.2 Å². The maximum absolute atomic E-state index is 7.16. The van der Waals surface area contributed by atoms with Crippen molar-refractivity contribution in [2.24, 2.45) is 5.84 Å². The monoisotopic (exact) mass is 313 g/mol. The standard InChI is InChI=1S/C8H19N5.HI/c9-8(12-10)11-4-3-7-13-5-1-2-6-13;/h1-7,10H2,(H3,9,11,12);1H. The third-order valence-corrected chi connectivity index (χ3v) is 2.30. The molecule has 0 unspecified atom stereocenters. The van der Waals surface area contributed by atoms with Crippen molar-refractivity contribution in [2.45, 2.75) is 19.3 Å². The van der Waals surface area contributed by atoms with E-state index in [0.29, 0.717) is 0 Å². The highest BCUT2D eigenvalue weighted by Crippen LogP contribution is 2.06. The van der Waals surface area contributed by atoms with Crippen LogP contribution in [0.5, 0.6) is 0 Å². The Morgan fingerprint density at radius 2 is 2.00 bits per heavy atom. The summed E-state index contributed by atoms with van der Waals surface area (Å²) < 4.78 is 0. The Bertz CT molecular complexity index is 158. The van der Waals surface area contributed by atoms with Gasteiger partial charge >= 0.3 is 0 Å². The molecule has 5 N–H and O–H groups in total. The number of guanidine groups is 1. The predicted molar refractivity (Wildman–Crippen MR) is 68.8 cm³/mol. The van der Waals surface area contributed by atoms with Gasteiger partial charge in [0, 0.05) is 6.54 Å². The fraction of sp³-hybridized carbons (Fsp3) is 0.875. The molecule has 1 saturated heterocycles. The lowest BCUT2D eigenvalue weighted by Gasteiger charge is -2.14. The summed E-state index contributed by atoms with van der Waals surface area (Å²) in [6.45, 7) is 4.43. The lowest BCUT2D eigenvalue weighted by Crippen LogP contribution is -2.41. The van der Waals surface area contributed by atoms with Crippen LogP contribution in [0.25, 0.3) is 0 Å². The average molecular weight is 313 g/mol. The molecule has 0 aromatic carbocycles. The summed E-state index contributed by atoms with van der Waals surface area (Å²) in [6, 6.07) is 0. The molecule has 84 valence electrons. The largest absolute Gasteiger partial charge is 0.355 e. The van der Waals surface area contributed by atoms with Crippen LogP contribution in [0.15, 0.2) is 0 Å². The van der Waals surface area contributed by atoms with Crippen molar-refractivity contribution >= 4 is 29.9 Å². The summed E-state index contributed by atoms with van der Waals surface area (Å²) in [5.41, 5.74) is 2.25. The zero-order valence-corrected chi connectivity index (χ0v) is 10.7. The molecular weight excluding hydrogens is 293 g/mol. The molecule has 0 atom stereocenters. The smallest absolute Gasteiger partial charge is 0.202 e. The Labute approximate surface area is 102 Å². The molecular formula is C8H20IN5. The molecule has 0 bridgehead atoms. The van der Waals surface area contributed by atoms with Crippen LogP contribution in [0.4, 0.5) is 0 Å². The number of nitrogens with zero attached hydrogens (tertiary/aromatic N) is 1. The zero-order chi connectivity index (χ0) is 9.52. The molecule has 1 fully saturated rings. The maximum Gasteiger partial charge on any atom is 0.202 e. The van der Waals surface area contributed by atoms with Gasteiger partial charge in [0.25, 0.3) is 0 Å². The molecule has 1 rings (SSSR count). The fourth-order valence-corrected chi connectivity index (χ4v) is 1.57. The topological polar surface area (TPSA) is 77.2 Å². The Hall–Kier alpha value is -0.0800. The lowest BCUT2D eigenvalue weighted by molar-refractivity contribution is 0.334. The van der Waals surface area contributed by atoms with Crippen LogP contribution < -0.4 is 16.6 Å². The second kappa shape index (κ2) is 8.25. The molecule has 0 saturated carbocycles. The number of hydrogen-bond donors (Lipinski definition) is 4. The van der Waals surface area contributed by atoms with Crippen molar-refractivity contribution < 1.29 is 0 Å². The lowest BCUT2D eigenvalue weighted by atomic mass is 10.4. The van der Waals surface area contributed by atoms with E-state index in [1.165, 1.54) is 25.9 Å². The highest BCUT2D eigenvalue weighted by molar-refractivity contribution is 14.0. The molecule has 0 radical (unpaired) electrons. The van der Waals surface area contributed by atoms with Crippen LogP contribution in [0, 0.1) is 5.41 Å². The van der Waals surface area contributed by atoms with Gasteiger partial charge in [0.05, 0.1) is 0 Å². The predicted octanol–water partition coefficient (Wildman–Crippen LogP) is 0.0780. The number of nitrogens with one attached hydrogen (secondary N) is 3. The molecule has 0 aromatic rings. The van der Waals surface area contributed by atoms with Gasteiger partial charge in [0.2, 0.25) is 5.96 Å². The molecule has 0 aliphatic carbocycles. The molecule has 14 heavy (non-hydrogen) atoms. The van der Waals surface area contributed by atoms with Gasteiger partial charge in [-0.2, -0.15) is 0 Å². The summed E-state index contributed by atoms with van der Waals surface area (Å²) in [7, 11) is 0. The number of rotatable bonds is 4. The Kier molecular flexibility index (Phi) is 8.20. The van der Waals surface area contributed by atoms with Crippen LogP contribution in [0.2, 0.25) is 0 Å². The van der Waals surface area contributed by atoms with Gasteiger partial charge in [0.1, 0.15) is 0 Å². The van der Waals surface area contributed by atoms with Gasteiger partial charge in [-0.1, -0.05) is 0 Å². The summed E-state index contributed by atoms with van der Waals surface area (Å²) in [5, 5.41) is 10.0. The molecule has 0 spiro atoms. The van der Waals surface area contributed by atoms with Crippen molar-refractivity contribution in [2.75, 3.05) is 26.2 Å². The molecule has 0 amide bonds. The van der Waals surface area contributed by atoms with E-state index in [9.17, 15) is 0 Å². The minimum absolute atomic E-state index is 0. The third-order valence-electron chi connectivity index (χ3n) is 2.30. The van der Waals surface area contributed by atoms with Gasteiger partial charge in [0.15, 0.2) is 0 Å². The SMILES string of the molecule is I.N=C(NN)NCCCN1CCCC1. The number of hydrogen-bond acceptors (Lipinski definition) is 3. The average Bonchev–Trinajstić information content (AvgIpc) is 2.64. The molecule has 0 aromatic heterocycles. The summed E-state index contributed by atoms with van der Waals surface area (Å²) >= 11 is 0. The van der Waals surface area contributed by atoms with E-state index in [0.717, 1.165) is 19.5 Å². The number of hydrazine groups is 1. The second-order valence-corrected chi connectivity index (χ2v) is 3.35. The Morgan fingerprint density at radius 3 is 2.57 bits per heavy atom. The maximum atomic E-state index is 7.16. The zero-order valence-electron chi connectivity index (χ0n) is 8.38. The van der Waals surface area contributed by atoms with Crippen LogP contribution in [0.1, 0.15) is 19.3 Å². The number of halogens is 1. The Morgan fingerprint density at radius 1 is 1.36 bits per heavy atom. The van der Waals surface area contributed by atoms with E-state index in [1.807, 2.05) is 0 Å². The number of nitrogens with two attached hydrogens (primary N) is 1. The fourth-order valence-electron chi connectivity index (χ4n) is 1.57. The van der Waals surface area contributed by atoms with E-state index in [4.69, 9.17) is 11.3 Å². The van der Waals surface area contributed by atoms with Gasteiger partial charge in [-0.25, -0.2) is 5.84 Å². The quantitative estimate of drug-likeness (QED) is 0.148. The van der Waals surface area contributed by atoms with Crippen LogP contribution in [-0.4, -0.2) is 37.0 Å². The normalized spacial score (nSPS) is 16.1. The first-order valence-corrected chi connectivity index (χ1v) is 4.84. The van der Waals surface area contributed by atoms with Crippen LogP contribution in [-0.2, 0) is 0 Å². The van der Waals surface area contributed by atoms with Crippen molar-refractivity contribution in [3.63, 3.8) is 0 Å². The first-order chi connectivity index (χ1) is 6.33. The van der Waals surface area contributed by atoms with E-state index in [1.54, 1.807) is 0 Å². The van der Waals surface area contributed by atoms with Crippen LogP contribution >= 0.6 is 24.0 Å². The third kappa shape index (κ3) is 5.61. The summed E-state index contributed by atoms with van der Waals surface area (Å²) in [5.74, 6) is 5.22. The molecule has 1 aliphatic heterocycles. The van der Waals surface area contributed by atoms with Gasteiger partial charge in [-0.3, -0.25) is 10.8 Å².